The van der Waals surface area contributed by atoms with Crippen LogP contribution in [0.5, 0.6) is 0 Å². The lowest BCUT2D eigenvalue weighted by molar-refractivity contribution is 1.17. The number of anilines is 1. The number of rotatable bonds is 3. The van der Waals surface area contributed by atoms with Crippen LogP contribution in [-0.4, -0.2) is 4.98 Å². The fourth-order valence-electron chi connectivity index (χ4n) is 1.21. The van der Waals surface area contributed by atoms with Crippen LogP contribution in [0.4, 0.5) is 5.69 Å². The van der Waals surface area contributed by atoms with Gasteiger partial charge in [-0.25, -0.2) is 0 Å². The van der Waals surface area contributed by atoms with E-state index in [4.69, 9.17) is 17.3 Å². The number of thioether (sulfide) groups is 1. The molecular formula is C12H11ClN2S. The topological polar surface area (TPSA) is 38.9 Å². The predicted octanol–water partition coefficient (Wildman–Crippen LogP) is 3.61. The van der Waals surface area contributed by atoms with Gasteiger partial charge < -0.3 is 5.73 Å². The molecule has 0 spiro atoms. The number of nitrogens with zero attached hydrogens (tertiary/aromatic N) is 1. The Kier molecular flexibility index (Phi) is 3.70. The van der Waals surface area contributed by atoms with E-state index >= 15 is 0 Å². The Hall–Kier alpha value is -1.19. The first kappa shape index (κ1) is 11.3. The molecule has 0 atom stereocenters. The van der Waals surface area contributed by atoms with Gasteiger partial charge in [-0.2, -0.15) is 0 Å². The van der Waals surface area contributed by atoms with Gasteiger partial charge in [-0.15, -0.1) is 11.8 Å². The van der Waals surface area contributed by atoms with Crippen molar-refractivity contribution >= 4 is 29.1 Å². The first-order valence-corrected chi connectivity index (χ1v) is 6.19. The molecule has 0 amide bonds. The van der Waals surface area contributed by atoms with Gasteiger partial charge in [0.05, 0.1) is 10.7 Å². The van der Waals surface area contributed by atoms with Crippen LogP contribution >= 0.6 is 23.4 Å². The Bertz CT molecular complexity index is 408. The summed E-state index contributed by atoms with van der Waals surface area (Å²) < 4.78 is 0. The minimum atomic E-state index is 0.668. The highest BCUT2D eigenvalue weighted by molar-refractivity contribution is 7.98. The molecule has 0 fully saturated rings. The van der Waals surface area contributed by atoms with Gasteiger partial charge in [-0.3, -0.25) is 4.98 Å². The molecule has 1 heterocycles. The maximum Gasteiger partial charge on any atom is 0.0589 e. The van der Waals surface area contributed by atoms with Crippen LogP contribution in [0.15, 0.2) is 47.5 Å². The number of hydrogen-bond donors (Lipinski definition) is 1. The van der Waals surface area contributed by atoms with Gasteiger partial charge in [0.1, 0.15) is 0 Å². The monoisotopic (exact) mass is 250 g/mol. The third kappa shape index (κ3) is 3.15. The second-order valence-corrected chi connectivity index (χ2v) is 4.81. The number of nitrogen functional groups attached to an aromatic ring is 1. The summed E-state index contributed by atoms with van der Waals surface area (Å²) >= 11 is 7.49. The van der Waals surface area contributed by atoms with Crippen molar-refractivity contribution in [3.05, 3.63) is 53.3 Å². The van der Waals surface area contributed by atoms with E-state index in [2.05, 4.69) is 4.98 Å². The van der Waals surface area contributed by atoms with Gasteiger partial charge in [-0.1, -0.05) is 11.6 Å². The Balaban J connectivity index is 1.97. The SMILES string of the molecule is Nc1ccc(SCc2ccc(Cl)cn2)cc1. The van der Waals surface area contributed by atoms with E-state index < -0.39 is 0 Å². The van der Waals surface area contributed by atoms with Crippen LogP contribution in [-0.2, 0) is 5.75 Å². The first-order valence-electron chi connectivity index (χ1n) is 4.83. The van der Waals surface area contributed by atoms with E-state index in [1.807, 2.05) is 36.4 Å². The second-order valence-electron chi connectivity index (χ2n) is 3.33. The molecule has 2 N–H and O–H groups in total. The summed E-state index contributed by atoms with van der Waals surface area (Å²) in [7, 11) is 0. The Morgan fingerprint density at radius 3 is 2.50 bits per heavy atom. The second kappa shape index (κ2) is 5.23. The first-order chi connectivity index (χ1) is 7.74. The maximum atomic E-state index is 5.76. The molecular weight excluding hydrogens is 240 g/mol. The Morgan fingerprint density at radius 2 is 1.88 bits per heavy atom. The fourth-order valence-corrected chi connectivity index (χ4v) is 2.14. The zero-order chi connectivity index (χ0) is 11.4. The van der Waals surface area contributed by atoms with Gasteiger partial charge in [0, 0.05) is 22.5 Å². The average molecular weight is 251 g/mol. The van der Waals surface area contributed by atoms with Gasteiger partial charge >= 0.3 is 0 Å². The molecule has 0 unspecified atom stereocenters. The lowest BCUT2D eigenvalue weighted by Crippen LogP contribution is -1.86. The highest BCUT2D eigenvalue weighted by Gasteiger charge is 1.97. The summed E-state index contributed by atoms with van der Waals surface area (Å²) in [5.41, 5.74) is 7.42. The van der Waals surface area contributed by atoms with Crippen molar-refractivity contribution in [3.63, 3.8) is 0 Å². The van der Waals surface area contributed by atoms with E-state index in [0.717, 1.165) is 17.1 Å². The molecule has 0 saturated heterocycles. The molecule has 0 bridgehead atoms. The summed E-state index contributed by atoms with van der Waals surface area (Å²) in [5, 5.41) is 0.668. The largest absolute Gasteiger partial charge is 0.399 e. The van der Waals surface area contributed by atoms with Crippen molar-refractivity contribution in [3.8, 4) is 0 Å². The number of nitrogens with two attached hydrogens (primary N) is 1. The molecule has 0 radical (unpaired) electrons. The minimum Gasteiger partial charge on any atom is -0.399 e. The van der Waals surface area contributed by atoms with Crippen molar-refractivity contribution in [1.29, 1.82) is 0 Å². The van der Waals surface area contributed by atoms with Gasteiger partial charge in [-0.05, 0) is 36.4 Å². The zero-order valence-corrected chi connectivity index (χ0v) is 10.1. The van der Waals surface area contributed by atoms with Crippen LogP contribution in [0.3, 0.4) is 0 Å². The Morgan fingerprint density at radius 1 is 1.12 bits per heavy atom. The molecule has 2 aromatic rings. The standard InChI is InChI=1S/C12H11ClN2S/c13-9-1-4-11(15-7-9)8-16-12-5-2-10(14)3-6-12/h1-7H,8,14H2. The highest BCUT2D eigenvalue weighted by atomic mass is 35.5. The summed E-state index contributed by atoms with van der Waals surface area (Å²) in [6.45, 7) is 0. The molecule has 4 heteroatoms. The number of benzene rings is 1. The van der Waals surface area contributed by atoms with Crippen LogP contribution in [0.1, 0.15) is 5.69 Å². The molecule has 16 heavy (non-hydrogen) atoms. The van der Waals surface area contributed by atoms with Gasteiger partial charge in [0.15, 0.2) is 0 Å². The number of halogens is 1. The molecule has 0 aliphatic carbocycles. The number of hydrogen-bond acceptors (Lipinski definition) is 3. The molecule has 0 aliphatic heterocycles. The van der Waals surface area contributed by atoms with Crippen LogP contribution in [0, 0.1) is 0 Å². The van der Waals surface area contributed by atoms with Crippen LogP contribution in [0.25, 0.3) is 0 Å². The average Bonchev–Trinajstić information content (AvgIpc) is 2.30. The Labute approximate surface area is 104 Å². The summed E-state index contributed by atoms with van der Waals surface area (Å²) in [6, 6.07) is 11.6. The lowest BCUT2D eigenvalue weighted by atomic mass is 10.3. The molecule has 2 rings (SSSR count). The normalized spacial score (nSPS) is 10.3. The van der Waals surface area contributed by atoms with Crippen LogP contribution in [0.2, 0.25) is 5.02 Å². The van der Waals surface area contributed by atoms with Crippen molar-refractivity contribution < 1.29 is 0 Å². The van der Waals surface area contributed by atoms with Crippen molar-refractivity contribution in [2.75, 3.05) is 5.73 Å². The molecule has 0 aliphatic rings. The smallest absolute Gasteiger partial charge is 0.0589 e. The number of pyridine rings is 1. The molecule has 1 aromatic carbocycles. The van der Waals surface area contributed by atoms with Crippen molar-refractivity contribution in [2.45, 2.75) is 10.6 Å². The molecule has 0 saturated carbocycles. The lowest BCUT2D eigenvalue weighted by Gasteiger charge is -2.02. The highest BCUT2D eigenvalue weighted by Crippen LogP contribution is 2.23. The van der Waals surface area contributed by atoms with E-state index in [1.165, 1.54) is 4.90 Å². The van der Waals surface area contributed by atoms with E-state index in [1.54, 1.807) is 18.0 Å². The van der Waals surface area contributed by atoms with Crippen molar-refractivity contribution in [2.24, 2.45) is 0 Å². The van der Waals surface area contributed by atoms with E-state index in [0.29, 0.717) is 5.02 Å². The van der Waals surface area contributed by atoms with Gasteiger partial charge in [0.25, 0.3) is 0 Å². The zero-order valence-electron chi connectivity index (χ0n) is 8.56. The fraction of sp³-hybridized carbons (Fsp3) is 0.0833. The molecule has 2 nitrogen and oxygen atoms in total. The van der Waals surface area contributed by atoms with Crippen molar-refractivity contribution in [1.82, 2.24) is 4.98 Å². The third-order valence-electron chi connectivity index (χ3n) is 2.06. The quantitative estimate of drug-likeness (QED) is 0.668. The number of aromatic nitrogens is 1. The van der Waals surface area contributed by atoms with Gasteiger partial charge in [0.2, 0.25) is 0 Å². The van der Waals surface area contributed by atoms with Crippen LogP contribution < -0.4 is 5.73 Å². The summed E-state index contributed by atoms with van der Waals surface area (Å²) in [5.74, 6) is 0.834. The predicted molar refractivity (Wildman–Crippen MR) is 69.7 cm³/mol. The van der Waals surface area contributed by atoms with E-state index in [9.17, 15) is 0 Å². The molecule has 82 valence electrons. The molecule has 1 aromatic heterocycles. The maximum absolute atomic E-state index is 5.76. The summed E-state index contributed by atoms with van der Waals surface area (Å²) in [6.07, 6.45) is 1.67. The minimum absolute atomic E-state index is 0.668. The van der Waals surface area contributed by atoms with E-state index in [-0.39, 0.29) is 0 Å². The summed E-state index contributed by atoms with van der Waals surface area (Å²) in [4.78, 5) is 5.42. The third-order valence-corrected chi connectivity index (χ3v) is 3.32.